The third kappa shape index (κ3) is 4.55. The lowest BCUT2D eigenvalue weighted by Gasteiger charge is -2.14. The molecule has 24 heavy (non-hydrogen) atoms. The van der Waals surface area contributed by atoms with E-state index < -0.39 is 11.6 Å². The fourth-order valence-corrected chi connectivity index (χ4v) is 2.27. The van der Waals surface area contributed by atoms with Crippen molar-refractivity contribution >= 4 is 23.6 Å². The maximum atomic E-state index is 13.7. The molecule has 6 heteroatoms. The van der Waals surface area contributed by atoms with Gasteiger partial charge in [-0.25, -0.2) is 8.78 Å². The van der Waals surface area contributed by atoms with Gasteiger partial charge in [0.25, 0.3) is 0 Å². The quantitative estimate of drug-likeness (QED) is 0.804. The van der Waals surface area contributed by atoms with Gasteiger partial charge in [0.15, 0.2) is 11.6 Å². The molecule has 0 bridgehead atoms. The predicted molar refractivity (Wildman–Crippen MR) is 90.0 cm³/mol. The molecular formula is C18H16ClF2NO2. The number of methoxy groups -OCH3 is 1. The van der Waals surface area contributed by atoms with Gasteiger partial charge in [-0.2, -0.15) is 0 Å². The number of rotatable bonds is 5. The first-order valence-corrected chi connectivity index (χ1v) is 7.55. The summed E-state index contributed by atoms with van der Waals surface area (Å²) in [6.07, 6.45) is 2.82. The fraction of sp³-hybridized carbons (Fsp3) is 0.167. The molecule has 2 aromatic rings. The maximum absolute atomic E-state index is 13.7. The van der Waals surface area contributed by atoms with Crippen molar-refractivity contribution in [1.29, 1.82) is 0 Å². The highest BCUT2D eigenvalue weighted by molar-refractivity contribution is 6.30. The van der Waals surface area contributed by atoms with E-state index in [4.69, 9.17) is 16.3 Å². The third-order valence-corrected chi connectivity index (χ3v) is 3.70. The van der Waals surface area contributed by atoms with Gasteiger partial charge in [0.05, 0.1) is 18.2 Å². The van der Waals surface area contributed by atoms with Crippen LogP contribution in [0.3, 0.4) is 0 Å². The topological polar surface area (TPSA) is 38.3 Å². The molecule has 0 radical (unpaired) electrons. The van der Waals surface area contributed by atoms with Crippen LogP contribution in [0.5, 0.6) is 5.75 Å². The number of hydrogen-bond donors (Lipinski definition) is 1. The van der Waals surface area contributed by atoms with Crippen molar-refractivity contribution in [2.24, 2.45) is 0 Å². The zero-order chi connectivity index (χ0) is 17.7. The Balaban J connectivity index is 2.01. The van der Waals surface area contributed by atoms with Crippen LogP contribution >= 0.6 is 11.6 Å². The predicted octanol–water partition coefficient (Wildman–Crippen LogP) is 4.52. The lowest BCUT2D eigenvalue weighted by molar-refractivity contribution is -0.117. The Labute approximate surface area is 143 Å². The van der Waals surface area contributed by atoms with Crippen molar-refractivity contribution in [3.05, 3.63) is 70.3 Å². The molecule has 0 aliphatic carbocycles. The molecule has 0 fully saturated rings. The van der Waals surface area contributed by atoms with Crippen molar-refractivity contribution in [2.45, 2.75) is 13.0 Å². The van der Waals surface area contributed by atoms with Gasteiger partial charge in [-0.05, 0) is 48.4 Å². The lowest BCUT2D eigenvalue weighted by atomic mass is 10.1. The zero-order valence-corrected chi connectivity index (χ0v) is 13.9. The van der Waals surface area contributed by atoms with Crippen molar-refractivity contribution < 1.29 is 18.3 Å². The standard InChI is InChI=1S/C18H16ClF2NO2/c1-11(13-5-7-17(24-2)16(21)10-13)22-18(23)8-4-12-3-6-15(20)14(19)9-12/h3-11H,1-2H3,(H,22,23)/b8-4+/t11-/m0/s1. The summed E-state index contributed by atoms with van der Waals surface area (Å²) in [5, 5.41) is 2.70. The Hall–Kier alpha value is -2.40. The van der Waals surface area contributed by atoms with Crippen LogP contribution < -0.4 is 10.1 Å². The molecule has 0 saturated heterocycles. The molecule has 0 aliphatic heterocycles. The summed E-state index contributed by atoms with van der Waals surface area (Å²) in [4.78, 5) is 11.9. The van der Waals surface area contributed by atoms with Crippen LogP contribution in [0.1, 0.15) is 24.1 Å². The van der Waals surface area contributed by atoms with Crippen molar-refractivity contribution in [2.75, 3.05) is 7.11 Å². The average molecular weight is 352 g/mol. The fourth-order valence-electron chi connectivity index (χ4n) is 2.08. The molecule has 0 aliphatic rings. The Kier molecular flexibility index (Phi) is 5.93. The van der Waals surface area contributed by atoms with Gasteiger partial charge in [0.2, 0.25) is 5.91 Å². The van der Waals surface area contributed by atoms with E-state index >= 15 is 0 Å². The highest BCUT2D eigenvalue weighted by Crippen LogP contribution is 2.22. The monoisotopic (exact) mass is 351 g/mol. The molecule has 2 rings (SSSR count). The Morgan fingerprint density at radius 1 is 1.21 bits per heavy atom. The number of halogens is 3. The first-order valence-electron chi connectivity index (χ1n) is 7.17. The summed E-state index contributed by atoms with van der Waals surface area (Å²) in [6.45, 7) is 1.74. The van der Waals surface area contributed by atoms with Crippen LogP contribution in [0.2, 0.25) is 5.02 Å². The maximum Gasteiger partial charge on any atom is 0.244 e. The van der Waals surface area contributed by atoms with Crippen LogP contribution in [0, 0.1) is 11.6 Å². The highest BCUT2D eigenvalue weighted by Gasteiger charge is 2.11. The molecule has 0 unspecified atom stereocenters. The van der Waals surface area contributed by atoms with Crippen LogP contribution in [-0.2, 0) is 4.79 Å². The van der Waals surface area contributed by atoms with Gasteiger partial charge in [-0.15, -0.1) is 0 Å². The molecule has 1 amide bonds. The largest absolute Gasteiger partial charge is 0.494 e. The molecule has 0 heterocycles. The van der Waals surface area contributed by atoms with Crippen LogP contribution in [-0.4, -0.2) is 13.0 Å². The molecule has 126 valence electrons. The Morgan fingerprint density at radius 2 is 1.96 bits per heavy atom. The smallest absolute Gasteiger partial charge is 0.244 e. The molecule has 3 nitrogen and oxygen atoms in total. The summed E-state index contributed by atoms with van der Waals surface area (Å²) < 4.78 is 31.6. The van der Waals surface area contributed by atoms with Gasteiger partial charge < -0.3 is 10.1 Å². The molecular weight excluding hydrogens is 336 g/mol. The van der Waals surface area contributed by atoms with E-state index in [-0.39, 0.29) is 22.7 Å². The SMILES string of the molecule is COc1ccc([C@H](C)NC(=O)/C=C/c2ccc(F)c(Cl)c2)cc1F. The van der Waals surface area contributed by atoms with E-state index in [9.17, 15) is 13.6 Å². The summed E-state index contributed by atoms with van der Waals surface area (Å²) in [5.74, 6) is -1.23. The van der Waals surface area contributed by atoms with Crippen LogP contribution in [0.15, 0.2) is 42.5 Å². The lowest BCUT2D eigenvalue weighted by Crippen LogP contribution is -2.24. The number of carbonyl (C=O) groups is 1. The Morgan fingerprint density at radius 3 is 2.58 bits per heavy atom. The zero-order valence-electron chi connectivity index (χ0n) is 13.1. The second-order valence-electron chi connectivity index (χ2n) is 5.13. The van der Waals surface area contributed by atoms with E-state index in [2.05, 4.69) is 5.32 Å². The summed E-state index contributed by atoms with van der Waals surface area (Å²) in [6, 6.07) is 8.26. The van der Waals surface area contributed by atoms with E-state index in [0.29, 0.717) is 11.1 Å². The number of benzene rings is 2. The van der Waals surface area contributed by atoms with Crippen LogP contribution in [0.4, 0.5) is 8.78 Å². The van der Waals surface area contributed by atoms with Gasteiger partial charge in [0.1, 0.15) is 5.82 Å². The van der Waals surface area contributed by atoms with Gasteiger partial charge in [-0.3, -0.25) is 4.79 Å². The minimum absolute atomic E-state index is 0.0142. The van der Waals surface area contributed by atoms with E-state index in [1.54, 1.807) is 13.0 Å². The normalized spacial score (nSPS) is 12.2. The van der Waals surface area contributed by atoms with Gasteiger partial charge in [-0.1, -0.05) is 23.7 Å². The van der Waals surface area contributed by atoms with E-state index in [0.717, 1.165) is 0 Å². The molecule has 2 aromatic carbocycles. The second kappa shape index (κ2) is 7.93. The first-order chi connectivity index (χ1) is 11.4. The Bertz CT molecular complexity index is 778. The number of nitrogens with one attached hydrogen (secondary N) is 1. The van der Waals surface area contributed by atoms with Crippen LogP contribution in [0.25, 0.3) is 6.08 Å². The van der Waals surface area contributed by atoms with E-state index in [1.165, 1.54) is 49.6 Å². The molecule has 0 saturated carbocycles. The van der Waals surface area contributed by atoms with Gasteiger partial charge >= 0.3 is 0 Å². The number of hydrogen-bond acceptors (Lipinski definition) is 2. The molecule has 0 spiro atoms. The van der Waals surface area contributed by atoms with Crippen molar-refractivity contribution in [3.63, 3.8) is 0 Å². The van der Waals surface area contributed by atoms with E-state index in [1.807, 2.05) is 0 Å². The summed E-state index contributed by atoms with van der Waals surface area (Å²) in [7, 11) is 1.38. The minimum atomic E-state index is -0.520. The minimum Gasteiger partial charge on any atom is -0.494 e. The summed E-state index contributed by atoms with van der Waals surface area (Å²) >= 11 is 5.68. The van der Waals surface area contributed by atoms with Gasteiger partial charge in [0, 0.05) is 6.08 Å². The molecule has 1 atom stereocenters. The average Bonchev–Trinajstić information content (AvgIpc) is 2.55. The number of amides is 1. The third-order valence-electron chi connectivity index (χ3n) is 3.41. The molecule has 0 aromatic heterocycles. The number of ether oxygens (including phenoxy) is 1. The highest BCUT2D eigenvalue weighted by atomic mass is 35.5. The first kappa shape index (κ1) is 17.9. The second-order valence-corrected chi connectivity index (χ2v) is 5.54. The van der Waals surface area contributed by atoms with Crippen molar-refractivity contribution in [1.82, 2.24) is 5.32 Å². The number of carbonyl (C=O) groups excluding carboxylic acids is 1. The summed E-state index contributed by atoms with van der Waals surface area (Å²) in [5.41, 5.74) is 1.21. The van der Waals surface area contributed by atoms with Crippen molar-refractivity contribution in [3.8, 4) is 5.75 Å². The molecule has 1 N–H and O–H groups in total.